The Morgan fingerprint density at radius 2 is 1.25 bits per heavy atom. The lowest BCUT2D eigenvalue weighted by atomic mass is 10.0. The van der Waals surface area contributed by atoms with Crippen molar-refractivity contribution in [1.29, 1.82) is 0 Å². The predicted molar refractivity (Wildman–Crippen MR) is 48.9 cm³/mol. The van der Waals surface area contributed by atoms with E-state index < -0.39 is 0 Å². The van der Waals surface area contributed by atoms with Crippen LogP contribution in [0.1, 0.15) is 39.5 Å². The second-order valence-corrected chi connectivity index (χ2v) is 3.51. The van der Waals surface area contributed by atoms with Crippen molar-refractivity contribution in [2.45, 2.75) is 39.5 Å². The van der Waals surface area contributed by atoms with Crippen LogP contribution in [-0.2, 0) is 9.59 Å². The van der Waals surface area contributed by atoms with Crippen molar-refractivity contribution in [3.05, 3.63) is 0 Å². The molecule has 0 heterocycles. The number of hydrogen-bond acceptors (Lipinski definition) is 2. The van der Waals surface area contributed by atoms with Gasteiger partial charge in [0, 0.05) is 11.8 Å². The predicted octanol–water partition coefficient (Wildman–Crippen LogP) is 2.22. The summed E-state index contributed by atoms with van der Waals surface area (Å²) in [6.07, 6.45) is 5.99. The van der Waals surface area contributed by atoms with Crippen LogP contribution in [0.2, 0.25) is 0 Å². The van der Waals surface area contributed by atoms with Gasteiger partial charge in [0.05, 0.1) is 0 Å². The Hall–Kier alpha value is -0.660. The van der Waals surface area contributed by atoms with Gasteiger partial charge in [-0.2, -0.15) is 0 Å². The van der Waals surface area contributed by atoms with E-state index in [4.69, 9.17) is 0 Å². The zero-order valence-electron chi connectivity index (χ0n) is 7.95. The van der Waals surface area contributed by atoms with Gasteiger partial charge < -0.3 is 9.59 Å². The van der Waals surface area contributed by atoms with Crippen LogP contribution in [0.4, 0.5) is 0 Å². The highest BCUT2D eigenvalue weighted by atomic mass is 16.1. The highest BCUT2D eigenvalue weighted by Gasteiger charge is 2.01. The van der Waals surface area contributed by atoms with Crippen LogP contribution < -0.4 is 0 Å². The molecule has 0 aromatic heterocycles. The quantitative estimate of drug-likeness (QED) is 0.433. The molecule has 12 heavy (non-hydrogen) atoms. The molecule has 0 aromatic carbocycles. The summed E-state index contributed by atoms with van der Waals surface area (Å²) in [4.78, 5) is 20.5. The standard InChI is InChI=1S/C10H18O2/c1-9(7-11)5-3-4-6-10(2)8-12/h7-10H,3-6H2,1-2H3. The van der Waals surface area contributed by atoms with E-state index in [-0.39, 0.29) is 11.8 Å². The maximum absolute atomic E-state index is 10.2. The van der Waals surface area contributed by atoms with E-state index >= 15 is 0 Å². The number of carbonyl (C=O) groups excluding carboxylic acids is 2. The summed E-state index contributed by atoms with van der Waals surface area (Å²) in [6, 6.07) is 0. The van der Waals surface area contributed by atoms with Gasteiger partial charge in [-0.25, -0.2) is 0 Å². The van der Waals surface area contributed by atoms with Crippen LogP contribution in [0.5, 0.6) is 0 Å². The molecule has 0 aromatic rings. The third kappa shape index (κ3) is 6.08. The van der Waals surface area contributed by atoms with Crippen molar-refractivity contribution in [3.8, 4) is 0 Å². The van der Waals surface area contributed by atoms with E-state index in [1.165, 1.54) is 0 Å². The minimum atomic E-state index is 0.177. The van der Waals surface area contributed by atoms with Crippen LogP contribution in [0.25, 0.3) is 0 Å². The zero-order chi connectivity index (χ0) is 9.40. The molecule has 2 nitrogen and oxygen atoms in total. The monoisotopic (exact) mass is 170 g/mol. The first kappa shape index (κ1) is 11.3. The molecule has 0 aliphatic rings. The summed E-state index contributed by atoms with van der Waals surface area (Å²) in [5, 5.41) is 0. The van der Waals surface area contributed by atoms with Crippen LogP contribution in [-0.4, -0.2) is 12.6 Å². The number of aldehydes is 2. The van der Waals surface area contributed by atoms with Gasteiger partial charge in [0.15, 0.2) is 0 Å². The summed E-state index contributed by atoms with van der Waals surface area (Å²) < 4.78 is 0. The minimum Gasteiger partial charge on any atom is -0.303 e. The van der Waals surface area contributed by atoms with Gasteiger partial charge in [0.1, 0.15) is 12.6 Å². The summed E-state index contributed by atoms with van der Waals surface area (Å²) in [5.41, 5.74) is 0. The molecule has 0 aliphatic carbocycles. The molecule has 2 unspecified atom stereocenters. The van der Waals surface area contributed by atoms with Gasteiger partial charge in [-0.05, 0) is 12.8 Å². The molecular weight excluding hydrogens is 152 g/mol. The second-order valence-electron chi connectivity index (χ2n) is 3.51. The minimum absolute atomic E-state index is 0.177. The Kier molecular flexibility index (Phi) is 6.63. The van der Waals surface area contributed by atoms with Crippen LogP contribution in [0.3, 0.4) is 0 Å². The Morgan fingerprint density at radius 3 is 1.50 bits per heavy atom. The average Bonchev–Trinajstić information content (AvgIpc) is 2.11. The maximum Gasteiger partial charge on any atom is 0.122 e. The molecule has 0 bridgehead atoms. The van der Waals surface area contributed by atoms with Crippen LogP contribution >= 0.6 is 0 Å². The fourth-order valence-electron chi connectivity index (χ4n) is 1.07. The van der Waals surface area contributed by atoms with Crippen LogP contribution in [0, 0.1) is 11.8 Å². The Bertz CT molecular complexity index is 116. The third-order valence-electron chi connectivity index (χ3n) is 2.03. The molecule has 0 saturated carbocycles. The molecule has 2 atom stereocenters. The fraction of sp³-hybridized carbons (Fsp3) is 0.800. The summed E-state index contributed by atoms with van der Waals surface area (Å²) in [5.74, 6) is 0.355. The lowest BCUT2D eigenvalue weighted by Gasteiger charge is -2.04. The molecule has 70 valence electrons. The van der Waals surface area contributed by atoms with Gasteiger partial charge in [-0.3, -0.25) is 0 Å². The molecule has 0 amide bonds. The topological polar surface area (TPSA) is 34.1 Å². The third-order valence-corrected chi connectivity index (χ3v) is 2.03. The highest BCUT2D eigenvalue weighted by molar-refractivity contribution is 5.53. The van der Waals surface area contributed by atoms with Gasteiger partial charge in [-0.1, -0.05) is 26.7 Å². The van der Waals surface area contributed by atoms with Gasteiger partial charge in [-0.15, -0.1) is 0 Å². The first-order valence-electron chi connectivity index (χ1n) is 4.61. The normalized spacial score (nSPS) is 15.2. The SMILES string of the molecule is CC(C=O)CCCCC(C)C=O. The van der Waals surface area contributed by atoms with Gasteiger partial charge in [0.25, 0.3) is 0 Å². The van der Waals surface area contributed by atoms with Gasteiger partial charge >= 0.3 is 0 Å². The fourth-order valence-corrected chi connectivity index (χ4v) is 1.07. The van der Waals surface area contributed by atoms with Crippen molar-refractivity contribution in [1.82, 2.24) is 0 Å². The largest absolute Gasteiger partial charge is 0.303 e. The zero-order valence-corrected chi connectivity index (χ0v) is 7.95. The first-order chi connectivity index (χ1) is 5.70. The highest BCUT2D eigenvalue weighted by Crippen LogP contribution is 2.10. The smallest absolute Gasteiger partial charge is 0.122 e. The first-order valence-corrected chi connectivity index (χ1v) is 4.61. The van der Waals surface area contributed by atoms with Crippen molar-refractivity contribution < 1.29 is 9.59 Å². The number of unbranched alkanes of at least 4 members (excludes halogenated alkanes) is 1. The Labute approximate surface area is 74.3 Å². The number of carbonyl (C=O) groups is 2. The van der Waals surface area contributed by atoms with Crippen molar-refractivity contribution in [2.75, 3.05) is 0 Å². The Morgan fingerprint density at radius 1 is 0.917 bits per heavy atom. The molecule has 0 fully saturated rings. The summed E-state index contributed by atoms with van der Waals surface area (Å²) in [7, 11) is 0. The van der Waals surface area contributed by atoms with Gasteiger partial charge in [0.2, 0.25) is 0 Å². The molecule has 0 saturated heterocycles. The maximum atomic E-state index is 10.2. The number of rotatable bonds is 7. The molecular formula is C10H18O2. The van der Waals surface area contributed by atoms with Crippen molar-refractivity contribution >= 4 is 12.6 Å². The summed E-state index contributed by atoms with van der Waals surface area (Å²) in [6.45, 7) is 3.85. The molecule has 0 aliphatic heterocycles. The lowest BCUT2D eigenvalue weighted by Crippen LogP contribution is -1.98. The molecule has 0 spiro atoms. The van der Waals surface area contributed by atoms with E-state index in [0.29, 0.717) is 0 Å². The molecule has 0 rings (SSSR count). The second kappa shape index (κ2) is 7.01. The lowest BCUT2D eigenvalue weighted by molar-refractivity contribution is -0.111. The van der Waals surface area contributed by atoms with E-state index in [0.717, 1.165) is 38.3 Å². The van der Waals surface area contributed by atoms with Crippen molar-refractivity contribution in [3.63, 3.8) is 0 Å². The average molecular weight is 170 g/mol. The van der Waals surface area contributed by atoms with Crippen molar-refractivity contribution in [2.24, 2.45) is 11.8 Å². The van der Waals surface area contributed by atoms with E-state index in [2.05, 4.69) is 0 Å². The molecule has 0 N–H and O–H groups in total. The van der Waals surface area contributed by atoms with E-state index in [1.807, 2.05) is 13.8 Å². The molecule has 2 heteroatoms. The van der Waals surface area contributed by atoms with E-state index in [9.17, 15) is 9.59 Å². The van der Waals surface area contributed by atoms with Crippen LogP contribution in [0.15, 0.2) is 0 Å². The Balaban J connectivity index is 3.20. The summed E-state index contributed by atoms with van der Waals surface area (Å²) >= 11 is 0. The number of hydrogen-bond donors (Lipinski definition) is 0. The van der Waals surface area contributed by atoms with E-state index in [1.54, 1.807) is 0 Å². The molecule has 0 radical (unpaired) electrons.